The molecule has 0 saturated heterocycles. The first-order valence-electron chi connectivity index (χ1n) is 8.98. The summed E-state index contributed by atoms with van der Waals surface area (Å²) in [5.41, 5.74) is 4.42. The van der Waals surface area contributed by atoms with Gasteiger partial charge in [-0.2, -0.15) is 5.10 Å². The molecule has 0 aliphatic carbocycles. The van der Waals surface area contributed by atoms with Crippen molar-refractivity contribution in [3.8, 4) is 11.4 Å². The van der Waals surface area contributed by atoms with Crippen LogP contribution >= 0.6 is 0 Å². The number of methoxy groups -OCH3 is 1. The van der Waals surface area contributed by atoms with Crippen molar-refractivity contribution in [3.63, 3.8) is 0 Å². The van der Waals surface area contributed by atoms with Crippen LogP contribution < -0.4 is 10.2 Å². The lowest BCUT2D eigenvalue weighted by Gasteiger charge is -2.07. The number of hydrogen-bond acceptors (Lipinski definition) is 5. The smallest absolute Gasteiger partial charge is 0.335 e. The number of nitrogens with zero attached hydrogens (tertiary/aromatic N) is 2. The van der Waals surface area contributed by atoms with Gasteiger partial charge in [-0.25, -0.2) is 10.2 Å². The highest BCUT2D eigenvalue weighted by atomic mass is 16.5. The number of amides is 1. The Balaban J connectivity index is 1.52. The molecule has 4 aromatic rings. The van der Waals surface area contributed by atoms with E-state index in [1.807, 2.05) is 12.1 Å². The van der Waals surface area contributed by atoms with Crippen molar-refractivity contribution < 1.29 is 23.8 Å². The number of carboxylic acid groups (broad SMARTS) is 1. The van der Waals surface area contributed by atoms with Gasteiger partial charge in [0.1, 0.15) is 0 Å². The molecule has 2 aromatic carbocycles. The molecule has 0 radical (unpaired) electrons. The lowest BCUT2D eigenvalue weighted by Crippen LogP contribution is -2.17. The van der Waals surface area contributed by atoms with Gasteiger partial charge >= 0.3 is 11.9 Å². The van der Waals surface area contributed by atoms with E-state index in [9.17, 15) is 14.7 Å². The molecule has 8 heteroatoms. The third-order valence-electron chi connectivity index (χ3n) is 4.47. The van der Waals surface area contributed by atoms with E-state index >= 15 is 0 Å². The molecule has 0 aliphatic rings. The van der Waals surface area contributed by atoms with Crippen LogP contribution in [0.4, 0.5) is 0 Å². The van der Waals surface area contributed by atoms with Crippen LogP contribution in [0.3, 0.4) is 0 Å². The highest BCUT2D eigenvalue weighted by Gasteiger charge is 2.14. The van der Waals surface area contributed by atoms with Crippen LogP contribution in [0.1, 0.15) is 26.6 Å². The molecule has 1 amide bonds. The Kier molecular flexibility index (Phi) is 5.04. The quantitative estimate of drug-likeness (QED) is 0.377. The number of furan rings is 1. The number of rotatable bonds is 6. The van der Waals surface area contributed by atoms with Crippen molar-refractivity contribution in [2.45, 2.75) is 0 Å². The van der Waals surface area contributed by atoms with Crippen LogP contribution in [0.25, 0.3) is 16.7 Å². The predicted molar refractivity (Wildman–Crippen MR) is 111 cm³/mol. The van der Waals surface area contributed by atoms with Gasteiger partial charge in [0.25, 0.3) is 0 Å². The van der Waals surface area contributed by atoms with Crippen LogP contribution in [0.5, 0.6) is 5.75 Å². The third kappa shape index (κ3) is 3.66. The molecule has 30 heavy (non-hydrogen) atoms. The number of carbonyl (C=O) groups is 2. The minimum Gasteiger partial charge on any atom is -0.493 e. The van der Waals surface area contributed by atoms with Gasteiger partial charge in [-0.1, -0.05) is 18.2 Å². The van der Waals surface area contributed by atoms with Gasteiger partial charge in [-0.3, -0.25) is 4.79 Å². The summed E-state index contributed by atoms with van der Waals surface area (Å²) >= 11 is 0. The lowest BCUT2D eigenvalue weighted by atomic mass is 10.2. The van der Waals surface area contributed by atoms with E-state index in [1.54, 1.807) is 53.2 Å². The summed E-state index contributed by atoms with van der Waals surface area (Å²) < 4.78 is 12.6. The van der Waals surface area contributed by atoms with Gasteiger partial charge in [0, 0.05) is 17.3 Å². The Morgan fingerprint density at radius 1 is 1.13 bits per heavy atom. The summed E-state index contributed by atoms with van der Waals surface area (Å²) in [4.78, 5) is 23.6. The first-order chi connectivity index (χ1) is 14.6. The topological polar surface area (TPSA) is 106 Å². The number of carboxylic acids is 1. The van der Waals surface area contributed by atoms with Crippen molar-refractivity contribution >= 4 is 29.1 Å². The van der Waals surface area contributed by atoms with E-state index in [1.165, 1.54) is 19.4 Å². The van der Waals surface area contributed by atoms with Crippen LogP contribution in [0.2, 0.25) is 0 Å². The standard InChI is InChI=1S/C22H17N3O5/c1-29-18-9-3-5-14-12-19(30-20(14)18)21(26)24-23-13-17-8-4-10-25(17)16-7-2-6-15(11-16)22(27)28/h2-13H,1H3,(H,24,26)(H,27,28)/b23-13+. The van der Waals surface area contributed by atoms with E-state index in [0.29, 0.717) is 22.7 Å². The maximum atomic E-state index is 12.4. The molecular weight excluding hydrogens is 386 g/mol. The Labute approximate surface area is 171 Å². The second-order valence-electron chi connectivity index (χ2n) is 6.35. The molecule has 0 spiro atoms. The zero-order valence-electron chi connectivity index (χ0n) is 15.9. The molecule has 0 aliphatic heterocycles. The Bertz CT molecular complexity index is 1270. The van der Waals surface area contributed by atoms with Gasteiger partial charge in [-0.15, -0.1) is 0 Å². The van der Waals surface area contributed by atoms with Crippen molar-refractivity contribution in [3.05, 3.63) is 83.9 Å². The van der Waals surface area contributed by atoms with Crippen molar-refractivity contribution in [1.82, 2.24) is 9.99 Å². The summed E-state index contributed by atoms with van der Waals surface area (Å²) in [6, 6.07) is 17.1. The molecular formula is C22H17N3O5. The van der Waals surface area contributed by atoms with Crippen molar-refractivity contribution in [2.24, 2.45) is 5.10 Å². The van der Waals surface area contributed by atoms with Gasteiger partial charge < -0.3 is 18.8 Å². The molecule has 4 rings (SSSR count). The first kappa shape index (κ1) is 19.0. The second-order valence-corrected chi connectivity index (χ2v) is 6.35. The number of ether oxygens (including phenoxy) is 1. The SMILES string of the molecule is COc1cccc2cc(C(=O)N/N=C/c3cccn3-c3cccc(C(=O)O)c3)oc12. The fourth-order valence-corrected chi connectivity index (χ4v) is 3.04. The number of fused-ring (bicyclic) bond motifs is 1. The van der Waals surface area contributed by atoms with E-state index < -0.39 is 11.9 Å². The Morgan fingerprint density at radius 2 is 1.97 bits per heavy atom. The van der Waals surface area contributed by atoms with E-state index in [-0.39, 0.29) is 11.3 Å². The number of aromatic nitrogens is 1. The Morgan fingerprint density at radius 3 is 2.77 bits per heavy atom. The zero-order valence-corrected chi connectivity index (χ0v) is 15.9. The van der Waals surface area contributed by atoms with Gasteiger partial charge in [0.15, 0.2) is 17.1 Å². The fraction of sp³-hybridized carbons (Fsp3) is 0.0455. The number of para-hydroxylation sites is 1. The third-order valence-corrected chi connectivity index (χ3v) is 4.47. The molecule has 2 N–H and O–H groups in total. The number of nitrogens with one attached hydrogen (secondary N) is 1. The highest BCUT2D eigenvalue weighted by molar-refractivity contribution is 5.97. The first-order valence-corrected chi connectivity index (χ1v) is 8.98. The minimum absolute atomic E-state index is 0.108. The summed E-state index contributed by atoms with van der Waals surface area (Å²) in [7, 11) is 1.53. The summed E-state index contributed by atoms with van der Waals surface area (Å²) in [5, 5.41) is 13.9. The number of carbonyl (C=O) groups excluding carboxylic acids is 1. The van der Waals surface area contributed by atoms with Crippen LogP contribution in [0.15, 0.2) is 76.4 Å². The molecule has 0 atom stereocenters. The van der Waals surface area contributed by atoms with Crippen LogP contribution in [0, 0.1) is 0 Å². The fourth-order valence-electron chi connectivity index (χ4n) is 3.04. The second kappa shape index (κ2) is 7.96. The molecule has 0 bridgehead atoms. The molecule has 0 unspecified atom stereocenters. The summed E-state index contributed by atoms with van der Waals surface area (Å²) in [5.74, 6) is -0.864. The average Bonchev–Trinajstić information content (AvgIpc) is 3.40. The van der Waals surface area contributed by atoms with E-state index in [4.69, 9.17) is 9.15 Å². The molecule has 2 aromatic heterocycles. The number of aromatic carboxylic acids is 1. The molecule has 8 nitrogen and oxygen atoms in total. The zero-order chi connectivity index (χ0) is 21.1. The molecule has 2 heterocycles. The molecule has 150 valence electrons. The maximum Gasteiger partial charge on any atom is 0.335 e. The van der Waals surface area contributed by atoms with Gasteiger partial charge in [0.2, 0.25) is 0 Å². The van der Waals surface area contributed by atoms with E-state index in [0.717, 1.165) is 5.39 Å². The highest BCUT2D eigenvalue weighted by Crippen LogP contribution is 2.28. The van der Waals surface area contributed by atoms with E-state index in [2.05, 4.69) is 10.5 Å². The lowest BCUT2D eigenvalue weighted by molar-refractivity contribution is 0.0696. The van der Waals surface area contributed by atoms with Crippen LogP contribution in [-0.4, -0.2) is 34.9 Å². The average molecular weight is 403 g/mol. The largest absolute Gasteiger partial charge is 0.493 e. The summed E-state index contributed by atoms with van der Waals surface area (Å²) in [6.07, 6.45) is 3.24. The number of hydrogen-bond donors (Lipinski definition) is 2. The molecule has 0 fully saturated rings. The molecule has 0 saturated carbocycles. The monoisotopic (exact) mass is 403 g/mol. The number of hydrazone groups is 1. The van der Waals surface area contributed by atoms with Gasteiger partial charge in [0.05, 0.1) is 24.6 Å². The summed E-state index contributed by atoms with van der Waals surface area (Å²) in [6.45, 7) is 0. The normalized spacial score (nSPS) is 11.1. The Hall–Kier alpha value is -4.33. The van der Waals surface area contributed by atoms with Crippen molar-refractivity contribution in [1.29, 1.82) is 0 Å². The maximum absolute atomic E-state index is 12.4. The van der Waals surface area contributed by atoms with Crippen molar-refractivity contribution in [2.75, 3.05) is 7.11 Å². The predicted octanol–water partition coefficient (Wildman–Crippen LogP) is 3.69. The minimum atomic E-state index is -1.01. The van der Waals surface area contributed by atoms with Crippen LogP contribution in [-0.2, 0) is 0 Å². The number of benzene rings is 2. The van der Waals surface area contributed by atoms with Gasteiger partial charge in [-0.05, 0) is 42.5 Å².